The van der Waals surface area contributed by atoms with Crippen LogP contribution in [0.2, 0.25) is 0 Å². The number of unbranched alkanes of at least 4 members (excludes halogenated alkanes) is 9. The lowest BCUT2D eigenvalue weighted by atomic mass is 10.1. The van der Waals surface area contributed by atoms with Crippen LogP contribution in [0.25, 0.3) is 0 Å². The fraction of sp³-hybridized carbons (Fsp3) is 1.00. The standard InChI is InChI=1S/C30H69N7/c1-2-3-4-5-6-7-8-9-10-11-22-35(27-16-29-36(23-12-18-31)24-13-19-32)28-17-30-37(25-14-20-33)26-15-21-34/h2-34H2,1H3. The lowest BCUT2D eigenvalue weighted by Gasteiger charge is -2.27. The van der Waals surface area contributed by atoms with Gasteiger partial charge >= 0.3 is 0 Å². The minimum atomic E-state index is 0.773. The molecule has 7 heteroatoms. The van der Waals surface area contributed by atoms with E-state index in [2.05, 4.69) is 21.6 Å². The van der Waals surface area contributed by atoms with Crippen LogP contribution in [0.4, 0.5) is 0 Å². The summed E-state index contributed by atoms with van der Waals surface area (Å²) in [6.45, 7) is 15.8. The van der Waals surface area contributed by atoms with E-state index in [-0.39, 0.29) is 0 Å². The summed E-state index contributed by atoms with van der Waals surface area (Å²) in [4.78, 5) is 7.87. The largest absolute Gasteiger partial charge is 0.330 e. The van der Waals surface area contributed by atoms with Gasteiger partial charge in [-0.1, -0.05) is 64.7 Å². The van der Waals surface area contributed by atoms with Crippen molar-refractivity contribution in [2.75, 3.05) is 85.1 Å². The van der Waals surface area contributed by atoms with E-state index in [4.69, 9.17) is 22.9 Å². The van der Waals surface area contributed by atoms with Crippen molar-refractivity contribution in [1.29, 1.82) is 0 Å². The molecule has 0 heterocycles. The van der Waals surface area contributed by atoms with E-state index in [1.54, 1.807) is 0 Å². The Labute approximate surface area is 232 Å². The summed E-state index contributed by atoms with van der Waals surface area (Å²) < 4.78 is 0. The molecule has 0 radical (unpaired) electrons. The monoisotopic (exact) mass is 528 g/mol. The maximum Gasteiger partial charge on any atom is -0.000653 e. The summed E-state index contributed by atoms with van der Waals surface area (Å²) in [5, 5.41) is 0. The fourth-order valence-electron chi connectivity index (χ4n) is 5.12. The Morgan fingerprint density at radius 3 is 0.838 bits per heavy atom. The first kappa shape index (κ1) is 36.7. The molecular weight excluding hydrogens is 458 g/mol. The SMILES string of the molecule is CCCCCCCCCCCCN(CCCN(CCCN)CCCN)CCCN(CCCN)CCCN. The van der Waals surface area contributed by atoms with Gasteiger partial charge in [0.25, 0.3) is 0 Å². The van der Waals surface area contributed by atoms with Crippen molar-refractivity contribution in [3.05, 3.63) is 0 Å². The zero-order valence-electron chi connectivity index (χ0n) is 25.2. The highest BCUT2D eigenvalue weighted by atomic mass is 15.2. The second-order valence-corrected chi connectivity index (χ2v) is 11.0. The molecule has 0 unspecified atom stereocenters. The topological polar surface area (TPSA) is 114 Å². The molecule has 0 amide bonds. The molecule has 0 aliphatic rings. The molecule has 0 aromatic rings. The van der Waals surface area contributed by atoms with Crippen LogP contribution in [-0.2, 0) is 0 Å². The van der Waals surface area contributed by atoms with E-state index in [1.165, 1.54) is 96.7 Å². The molecule has 0 aromatic carbocycles. The average Bonchev–Trinajstić information content (AvgIpc) is 2.91. The number of nitrogens with two attached hydrogens (primary N) is 4. The van der Waals surface area contributed by atoms with Crippen LogP contribution < -0.4 is 22.9 Å². The Morgan fingerprint density at radius 2 is 0.541 bits per heavy atom. The van der Waals surface area contributed by atoms with Crippen LogP contribution >= 0.6 is 0 Å². The van der Waals surface area contributed by atoms with E-state index in [1.807, 2.05) is 0 Å². The van der Waals surface area contributed by atoms with Gasteiger partial charge in [0.1, 0.15) is 0 Å². The van der Waals surface area contributed by atoms with Crippen molar-refractivity contribution in [1.82, 2.24) is 14.7 Å². The van der Waals surface area contributed by atoms with E-state index in [0.29, 0.717) is 0 Å². The first-order valence-corrected chi connectivity index (χ1v) is 16.2. The van der Waals surface area contributed by atoms with Crippen LogP contribution in [0.5, 0.6) is 0 Å². The summed E-state index contributed by atoms with van der Waals surface area (Å²) in [6.07, 6.45) is 20.8. The molecule has 37 heavy (non-hydrogen) atoms. The molecule has 0 saturated carbocycles. The Kier molecular flexibility index (Phi) is 30.0. The zero-order chi connectivity index (χ0) is 27.2. The molecule has 0 fully saturated rings. The molecule has 0 aliphatic carbocycles. The second kappa shape index (κ2) is 30.3. The van der Waals surface area contributed by atoms with Crippen LogP contribution in [0.15, 0.2) is 0 Å². The summed E-state index contributed by atoms with van der Waals surface area (Å²) >= 11 is 0. The van der Waals surface area contributed by atoms with Crippen LogP contribution in [0.1, 0.15) is 110 Å². The molecule has 0 aliphatic heterocycles. The predicted octanol–water partition coefficient (Wildman–Crippen LogP) is 3.99. The van der Waals surface area contributed by atoms with Gasteiger partial charge in [0.15, 0.2) is 0 Å². The minimum Gasteiger partial charge on any atom is -0.330 e. The van der Waals surface area contributed by atoms with Gasteiger partial charge in [-0.05, 0) is 130 Å². The quantitative estimate of drug-likeness (QED) is 0.101. The highest BCUT2D eigenvalue weighted by molar-refractivity contribution is 4.66. The van der Waals surface area contributed by atoms with Gasteiger partial charge in [-0.25, -0.2) is 0 Å². The summed E-state index contributed by atoms with van der Waals surface area (Å²) in [7, 11) is 0. The molecule has 0 aromatic heterocycles. The van der Waals surface area contributed by atoms with Crippen LogP contribution in [0, 0.1) is 0 Å². The maximum absolute atomic E-state index is 5.77. The summed E-state index contributed by atoms with van der Waals surface area (Å²) in [6, 6.07) is 0. The molecule has 7 nitrogen and oxygen atoms in total. The minimum absolute atomic E-state index is 0.773. The van der Waals surface area contributed by atoms with Gasteiger partial charge in [0, 0.05) is 0 Å². The highest BCUT2D eigenvalue weighted by Crippen LogP contribution is 2.11. The van der Waals surface area contributed by atoms with Gasteiger partial charge in [-0.15, -0.1) is 0 Å². The third kappa shape index (κ3) is 25.7. The average molecular weight is 528 g/mol. The number of nitrogens with zero attached hydrogens (tertiary/aromatic N) is 3. The first-order valence-electron chi connectivity index (χ1n) is 16.2. The molecule has 0 bridgehead atoms. The van der Waals surface area contributed by atoms with Crippen LogP contribution in [-0.4, -0.2) is 99.8 Å². The fourth-order valence-corrected chi connectivity index (χ4v) is 5.12. The van der Waals surface area contributed by atoms with Gasteiger partial charge in [-0.3, -0.25) is 0 Å². The molecule has 8 N–H and O–H groups in total. The predicted molar refractivity (Wildman–Crippen MR) is 165 cm³/mol. The van der Waals surface area contributed by atoms with Crippen molar-refractivity contribution in [3.8, 4) is 0 Å². The Morgan fingerprint density at radius 1 is 0.297 bits per heavy atom. The summed E-state index contributed by atoms with van der Waals surface area (Å²) in [5.41, 5.74) is 23.1. The van der Waals surface area contributed by atoms with Gasteiger partial charge < -0.3 is 37.6 Å². The molecule has 0 spiro atoms. The smallest absolute Gasteiger partial charge is 0.000653 e. The number of rotatable bonds is 31. The molecular formula is C30H69N7. The molecule has 224 valence electrons. The zero-order valence-corrected chi connectivity index (χ0v) is 25.2. The Hall–Kier alpha value is -0.280. The Bertz CT molecular complexity index is 383. The summed E-state index contributed by atoms with van der Waals surface area (Å²) in [5.74, 6) is 0. The van der Waals surface area contributed by atoms with Crippen molar-refractivity contribution in [3.63, 3.8) is 0 Å². The number of hydrogen-bond donors (Lipinski definition) is 4. The highest BCUT2D eigenvalue weighted by Gasteiger charge is 2.10. The van der Waals surface area contributed by atoms with Crippen molar-refractivity contribution in [2.45, 2.75) is 110 Å². The van der Waals surface area contributed by atoms with Crippen LogP contribution in [0.3, 0.4) is 0 Å². The van der Waals surface area contributed by atoms with Crippen molar-refractivity contribution >= 4 is 0 Å². The van der Waals surface area contributed by atoms with Gasteiger partial charge in [-0.2, -0.15) is 0 Å². The van der Waals surface area contributed by atoms with E-state index >= 15 is 0 Å². The molecule has 0 saturated heterocycles. The normalized spacial score (nSPS) is 12.0. The Balaban J connectivity index is 4.47. The first-order chi connectivity index (χ1) is 18.2. The van der Waals surface area contributed by atoms with Crippen molar-refractivity contribution in [2.24, 2.45) is 22.9 Å². The maximum atomic E-state index is 5.77. The molecule has 0 rings (SSSR count). The lowest BCUT2D eigenvalue weighted by molar-refractivity contribution is 0.203. The third-order valence-corrected chi connectivity index (χ3v) is 7.44. The van der Waals surface area contributed by atoms with E-state index in [0.717, 1.165) is 91.1 Å². The third-order valence-electron chi connectivity index (χ3n) is 7.44. The number of hydrogen-bond acceptors (Lipinski definition) is 7. The van der Waals surface area contributed by atoms with Gasteiger partial charge in [0.05, 0.1) is 0 Å². The molecule has 0 atom stereocenters. The second-order valence-electron chi connectivity index (χ2n) is 11.0. The van der Waals surface area contributed by atoms with Crippen molar-refractivity contribution < 1.29 is 0 Å². The lowest BCUT2D eigenvalue weighted by Crippen LogP contribution is -2.35. The van der Waals surface area contributed by atoms with E-state index < -0.39 is 0 Å². The van der Waals surface area contributed by atoms with E-state index in [9.17, 15) is 0 Å². The van der Waals surface area contributed by atoms with Gasteiger partial charge in [0.2, 0.25) is 0 Å².